The lowest BCUT2D eigenvalue weighted by Crippen LogP contribution is -2.68. The van der Waals surface area contributed by atoms with Gasteiger partial charge in [-0.25, -0.2) is 4.79 Å². The minimum atomic E-state index is -2.24. The number of aliphatic hydroxyl groups is 12. The van der Waals surface area contributed by atoms with Crippen molar-refractivity contribution in [3.05, 3.63) is 0 Å². The van der Waals surface area contributed by atoms with Crippen molar-refractivity contribution in [3.8, 4) is 12.3 Å². The zero-order valence-electron chi connectivity index (χ0n) is 30.7. The Balaban J connectivity index is 1.49. The fraction of sp³-hybridized carbons (Fsp3) is 0.909. The molecule has 24 heteroatoms. The highest BCUT2D eigenvalue weighted by Crippen LogP contribution is 2.37. The average molecular weight is 833 g/mol. The molecule has 0 unspecified atom stereocenters. The molecule has 5 aliphatic heterocycles. The molecule has 57 heavy (non-hydrogen) atoms. The molecule has 5 heterocycles. The van der Waals surface area contributed by atoms with Gasteiger partial charge in [-0.2, -0.15) is 0 Å². The maximum absolute atomic E-state index is 12.3. The number of aliphatic carboxylic acids is 1. The third-order valence-electron chi connectivity index (χ3n) is 10.5. The van der Waals surface area contributed by atoms with E-state index in [1.54, 1.807) is 0 Å². The van der Waals surface area contributed by atoms with Crippen LogP contribution in [0.1, 0.15) is 20.8 Å². The zero-order valence-corrected chi connectivity index (χ0v) is 30.7. The Morgan fingerprint density at radius 1 is 0.509 bits per heavy atom. The van der Waals surface area contributed by atoms with E-state index in [9.17, 15) is 71.2 Å². The summed E-state index contributed by atoms with van der Waals surface area (Å²) in [6, 6.07) is 0. The Morgan fingerprint density at radius 3 is 1.42 bits per heavy atom. The molecule has 25 atom stereocenters. The van der Waals surface area contributed by atoms with Crippen LogP contribution in [0.3, 0.4) is 0 Å². The minimum absolute atomic E-state index is 0.546. The molecule has 0 amide bonds. The molecule has 0 aromatic heterocycles. The first kappa shape index (κ1) is 46.2. The Bertz CT molecular complexity index is 1360. The van der Waals surface area contributed by atoms with E-state index in [-0.39, 0.29) is 0 Å². The van der Waals surface area contributed by atoms with Crippen molar-refractivity contribution in [2.45, 2.75) is 174 Å². The number of rotatable bonds is 12. The third-order valence-corrected chi connectivity index (χ3v) is 10.5. The van der Waals surface area contributed by atoms with Gasteiger partial charge in [0.15, 0.2) is 37.6 Å². The molecule has 13 N–H and O–H groups in total. The standard InChI is InChI=1S/C33H52O24/c1-5-6-48-31-27(57-30-21(44)17(40)13(36)9(3)50-30)23(22(45)24(54-31)28(46)47)53-33-26(19(42)15(38)11(7-34)52-33)56-32-25(18(41)14(37)10(4)51-32)55-29-20(43)16(39)12(35)8(2)49-29/h1,8-27,29-45H,6-7H2,2-4H3,(H,46,47)/t8-,9-,10-,11+,12-,13-,14-,15-,16+,17+,18+,19-,20+,21+,22-,23-,24-,25+,26+,27+,29-,30-,31+,32-,33-/m0/s1. The van der Waals surface area contributed by atoms with Crippen LogP contribution in [0, 0.1) is 12.3 Å². The van der Waals surface area contributed by atoms with Gasteiger partial charge in [-0.3, -0.25) is 0 Å². The molecule has 5 rings (SSSR count). The Morgan fingerprint density at radius 2 is 0.930 bits per heavy atom. The van der Waals surface area contributed by atoms with Crippen LogP contribution < -0.4 is 0 Å². The zero-order chi connectivity index (χ0) is 42.2. The van der Waals surface area contributed by atoms with E-state index in [2.05, 4.69) is 5.92 Å². The summed E-state index contributed by atoms with van der Waals surface area (Å²) in [7, 11) is 0. The van der Waals surface area contributed by atoms with Crippen LogP contribution in [0.5, 0.6) is 0 Å². The van der Waals surface area contributed by atoms with E-state index in [1.807, 2.05) is 0 Å². The van der Waals surface area contributed by atoms with E-state index < -0.39 is 173 Å². The van der Waals surface area contributed by atoms with Gasteiger partial charge in [-0.05, 0) is 20.8 Å². The lowest BCUT2D eigenvalue weighted by atomic mass is 9.95. The molecule has 0 aromatic rings. The van der Waals surface area contributed by atoms with Gasteiger partial charge in [-0.1, -0.05) is 5.92 Å². The van der Waals surface area contributed by atoms with Crippen LogP contribution in [-0.2, 0) is 52.2 Å². The Hall–Kier alpha value is -1.85. The van der Waals surface area contributed by atoms with Crippen molar-refractivity contribution in [1.29, 1.82) is 0 Å². The summed E-state index contributed by atoms with van der Waals surface area (Å²) in [5, 5.41) is 138. The number of terminal acetylenes is 1. The van der Waals surface area contributed by atoms with Crippen LogP contribution >= 0.6 is 0 Å². The second kappa shape index (κ2) is 19.2. The molecule has 24 nitrogen and oxygen atoms in total. The molecular weight excluding hydrogens is 780 g/mol. The van der Waals surface area contributed by atoms with E-state index >= 15 is 0 Å². The average Bonchev–Trinajstić information content (AvgIpc) is 3.17. The summed E-state index contributed by atoms with van der Waals surface area (Å²) >= 11 is 0. The third kappa shape index (κ3) is 9.55. The van der Waals surface area contributed by atoms with Crippen molar-refractivity contribution in [2.24, 2.45) is 0 Å². The van der Waals surface area contributed by atoms with E-state index in [0.717, 1.165) is 0 Å². The van der Waals surface area contributed by atoms with Crippen molar-refractivity contribution >= 4 is 5.97 Å². The summed E-state index contributed by atoms with van der Waals surface area (Å²) in [6.07, 6.45) is -39.6. The van der Waals surface area contributed by atoms with Crippen LogP contribution in [0.2, 0.25) is 0 Å². The van der Waals surface area contributed by atoms with Crippen molar-refractivity contribution in [2.75, 3.05) is 13.2 Å². The highest BCUT2D eigenvalue weighted by Gasteiger charge is 2.58. The predicted molar refractivity (Wildman–Crippen MR) is 175 cm³/mol. The smallest absolute Gasteiger partial charge is 0.335 e. The molecule has 0 aliphatic carbocycles. The lowest BCUT2D eigenvalue weighted by Gasteiger charge is -2.50. The Kier molecular flexibility index (Phi) is 15.6. The molecule has 5 aliphatic rings. The van der Waals surface area contributed by atoms with Crippen LogP contribution in [-0.4, -0.2) is 239 Å². The number of hydrogen-bond acceptors (Lipinski definition) is 23. The highest BCUT2D eigenvalue weighted by molar-refractivity contribution is 5.73. The van der Waals surface area contributed by atoms with Gasteiger partial charge in [0.05, 0.1) is 24.9 Å². The first-order valence-electron chi connectivity index (χ1n) is 18.1. The van der Waals surface area contributed by atoms with Crippen molar-refractivity contribution in [3.63, 3.8) is 0 Å². The number of carboxylic acids is 1. The van der Waals surface area contributed by atoms with E-state index in [0.29, 0.717) is 0 Å². The number of ether oxygens (including phenoxy) is 10. The predicted octanol–water partition coefficient (Wildman–Crippen LogP) is -8.09. The summed E-state index contributed by atoms with van der Waals surface area (Å²) in [5.74, 6) is 0.391. The van der Waals surface area contributed by atoms with Crippen LogP contribution in [0.15, 0.2) is 0 Å². The second-order valence-corrected chi connectivity index (χ2v) is 14.4. The van der Waals surface area contributed by atoms with Crippen LogP contribution in [0.4, 0.5) is 0 Å². The summed E-state index contributed by atoms with van der Waals surface area (Å²) < 4.78 is 57.1. The lowest BCUT2D eigenvalue weighted by molar-refractivity contribution is -0.408. The van der Waals surface area contributed by atoms with E-state index in [4.69, 9.17) is 53.8 Å². The van der Waals surface area contributed by atoms with Gasteiger partial charge in [0.2, 0.25) is 0 Å². The number of carbonyl (C=O) groups is 1. The molecule has 0 aromatic carbocycles. The molecule has 5 fully saturated rings. The van der Waals surface area contributed by atoms with Gasteiger partial charge in [-0.15, -0.1) is 6.42 Å². The minimum Gasteiger partial charge on any atom is -0.479 e. The largest absolute Gasteiger partial charge is 0.479 e. The molecule has 0 saturated carbocycles. The SMILES string of the molecule is C#CCO[C@@H]1O[C@H](C(=O)O)[C@@H](O)[C@H](O[C@@H]2O[C@H](CO)[C@H](O)[C@H](O)[C@H]2O[C@@H]2O[C@@H](C)[C@H](O)[C@@H](O)[C@H]2O[C@@H]2O[C@@H](C)[C@H](O)[C@@H](O)[C@H]2O)[C@H]1O[C@@H]1O[C@@H](C)[C@H](O)[C@@H](O)[C@H]1O. The topological polar surface area (TPSA) is 372 Å². The van der Waals surface area contributed by atoms with Gasteiger partial charge < -0.3 is 114 Å². The van der Waals surface area contributed by atoms with Crippen molar-refractivity contribution in [1.82, 2.24) is 0 Å². The number of aliphatic hydroxyl groups excluding tert-OH is 12. The summed E-state index contributed by atoms with van der Waals surface area (Å²) in [5.41, 5.74) is 0. The number of hydrogen-bond donors (Lipinski definition) is 13. The maximum atomic E-state index is 12.3. The van der Waals surface area contributed by atoms with Gasteiger partial charge >= 0.3 is 5.97 Å². The van der Waals surface area contributed by atoms with Crippen LogP contribution in [0.25, 0.3) is 0 Å². The van der Waals surface area contributed by atoms with Gasteiger partial charge in [0.1, 0.15) is 104 Å². The van der Waals surface area contributed by atoms with E-state index in [1.165, 1.54) is 20.8 Å². The molecule has 328 valence electrons. The quantitative estimate of drug-likeness (QED) is 0.0812. The first-order valence-corrected chi connectivity index (χ1v) is 18.1. The van der Waals surface area contributed by atoms with Gasteiger partial charge in [0.25, 0.3) is 0 Å². The fourth-order valence-corrected chi connectivity index (χ4v) is 7.03. The Labute approximate surface area is 324 Å². The summed E-state index contributed by atoms with van der Waals surface area (Å²) in [6.45, 7) is 2.49. The fourth-order valence-electron chi connectivity index (χ4n) is 7.03. The molecule has 0 radical (unpaired) electrons. The van der Waals surface area contributed by atoms with Crippen molar-refractivity contribution < 1.29 is 119 Å². The number of carboxylic acid groups (broad SMARTS) is 1. The summed E-state index contributed by atoms with van der Waals surface area (Å²) in [4.78, 5) is 12.3. The monoisotopic (exact) mass is 832 g/mol. The maximum Gasteiger partial charge on any atom is 0.335 e. The molecule has 0 bridgehead atoms. The molecule has 5 saturated heterocycles. The molecule has 0 spiro atoms. The second-order valence-electron chi connectivity index (χ2n) is 14.4. The first-order chi connectivity index (χ1) is 26.8. The van der Waals surface area contributed by atoms with Gasteiger partial charge in [0, 0.05) is 0 Å². The molecular formula is C33H52O24. The highest BCUT2D eigenvalue weighted by atomic mass is 16.8. The normalized spacial score (nSPS) is 52.2.